The molecule has 9 heteroatoms. The van der Waals surface area contributed by atoms with Gasteiger partial charge in [0.2, 0.25) is 0 Å². The molecule has 0 spiro atoms. The molecule has 0 fully saturated rings. The minimum atomic E-state index is -0.540. The lowest BCUT2D eigenvalue weighted by molar-refractivity contribution is 0.00869. The fraction of sp³-hybridized carbons (Fsp3) is 0.538. The van der Waals surface area contributed by atoms with E-state index in [1.54, 1.807) is 6.20 Å². The second kappa shape index (κ2) is 5.00. The molecule has 2 rings (SSSR count). The van der Waals surface area contributed by atoms with Gasteiger partial charge in [0.25, 0.3) is 0 Å². The summed E-state index contributed by atoms with van der Waals surface area (Å²) >= 11 is 0. The van der Waals surface area contributed by atoms with Gasteiger partial charge in [-0.25, -0.2) is 4.79 Å². The lowest BCUT2D eigenvalue weighted by atomic mass is 9.46. The van der Waals surface area contributed by atoms with Crippen molar-refractivity contribution in [2.75, 3.05) is 5.73 Å². The van der Waals surface area contributed by atoms with Crippen molar-refractivity contribution < 1.29 is 9.53 Å². The molecule has 0 radical (unpaired) electrons. The lowest BCUT2D eigenvalue weighted by Crippen LogP contribution is -2.67. The van der Waals surface area contributed by atoms with Crippen LogP contribution in [-0.4, -0.2) is 58.3 Å². The molecule has 1 aliphatic rings. The third kappa shape index (κ3) is 2.99. The van der Waals surface area contributed by atoms with E-state index in [1.807, 2.05) is 63.1 Å². The number of hydrogen-bond acceptors (Lipinski definition) is 4. The molecule has 2 N–H and O–H groups in total. The Bertz CT molecular complexity index is 614. The van der Waals surface area contributed by atoms with Gasteiger partial charge in [-0.15, -0.1) is 0 Å². The highest BCUT2D eigenvalue weighted by molar-refractivity contribution is 6.46. The molecule has 0 aromatic carbocycles. The topological polar surface area (TPSA) is 68.5 Å². The highest BCUT2D eigenvalue weighted by Gasteiger charge is 2.48. The molecule has 0 unspecified atom stereocenters. The number of hydrogen-bond donors (Lipinski definition) is 1. The number of pyridine rings is 1. The Balaban J connectivity index is 2.52. The number of rotatable bonds is 0. The second-order valence-corrected chi connectivity index (χ2v) is 8.13. The number of nitrogen functional groups attached to an aromatic ring is 1. The van der Waals surface area contributed by atoms with E-state index < -0.39 is 10.9 Å². The predicted molar refractivity (Wildman–Crippen MR) is 99.0 cm³/mol. The molecular weight excluding hydrogens is 273 g/mol. The van der Waals surface area contributed by atoms with Crippen LogP contribution >= 0.6 is 0 Å². The maximum Gasteiger partial charge on any atom is 0.408 e. The van der Waals surface area contributed by atoms with Crippen molar-refractivity contribution in [3.05, 3.63) is 23.5 Å². The molecule has 0 bridgehead atoms. The summed E-state index contributed by atoms with van der Waals surface area (Å²) in [6.07, 6.45) is 2.04. The van der Waals surface area contributed by atoms with Gasteiger partial charge < -0.3 is 15.4 Å². The summed E-state index contributed by atoms with van der Waals surface area (Å²) in [7, 11) is 8.11. The smallest absolute Gasteiger partial charge is 0.408 e. The van der Waals surface area contributed by atoms with E-state index in [-0.39, 0.29) is 11.4 Å². The Morgan fingerprint density at radius 2 is 1.95 bits per heavy atom. The SMILES string of the molecule is BC1(B)Cc2ncc(N)cc2C(B)(B)N1C(=O)OC(C)(C)C. The van der Waals surface area contributed by atoms with Gasteiger partial charge in [-0.05, 0) is 44.2 Å². The molecule has 0 aliphatic carbocycles. The molecule has 0 atom stereocenters. The molecule has 1 amide bonds. The van der Waals surface area contributed by atoms with Crippen molar-refractivity contribution in [1.29, 1.82) is 0 Å². The van der Waals surface area contributed by atoms with Crippen LogP contribution in [0.3, 0.4) is 0 Å². The normalized spacial score (nSPS) is 19.3. The van der Waals surface area contributed by atoms with Gasteiger partial charge in [-0.1, -0.05) is 0 Å². The van der Waals surface area contributed by atoms with Crippen LogP contribution in [0.2, 0.25) is 0 Å². The minimum absolute atomic E-state index is 0.310. The highest BCUT2D eigenvalue weighted by Crippen LogP contribution is 2.37. The molecule has 1 aromatic heterocycles. The molecule has 1 aliphatic heterocycles. The largest absolute Gasteiger partial charge is 0.444 e. The van der Waals surface area contributed by atoms with E-state index >= 15 is 0 Å². The van der Waals surface area contributed by atoms with Gasteiger partial charge in [-0.2, -0.15) is 0 Å². The number of aromatic nitrogens is 1. The van der Waals surface area contributed by atoms with Gasteiger partial charge in [-0.3, -0.25) is 4.98 Å². The molecule has 1 aromatic rings. The Morgan fingerprint density at radius 1 is 1.36 bits per heavy atom. The van der Waals surface area contributed by atoms with E-state index in [9.17, 15) is 4.79 Å². The van der Waals surface area contributed by atoms with Crippen LogP contribution in [0, 0.1) is 0 Å². The number of nitrogens with two attached hydrogens (primary N) is 1. The zero-order valence-electron chi connectivity index (χ0n) is 14.7. The van der Waals surface area contributed by atoms with Crippen LogP contribution in [-0.2, 0) is 16.5 Å². The van der Waals surface area contributed by atoms with Gasteiger partial charge in [0.1, 0.15) is 37.0 Å². The Labute approximate surface area is 136 Å². The van der Waals surface area contributed by atoms with Crippen molar-refractivity contribution in [3.63, 3.8) is 0 Å². The fourth-order valence-corrected chi connectivity index (χ4v) is 3.33. The first-order chi connectivity index (χ1) is 9.84. The number of ether oxygens (including phenoxy) is 1. The molecule has 0 saturated carbocycles. The van der Waals surface area contributed by atoms with Gasteiger partial charge in [0.05, 0.1) is 11.9 Å². The third-order valence-electron chi connectivity index (χ3n) is 3.99. The summed E-state index contributed by atoms with van der Waals surface area (Å²) in [5.74, 6) is 0. The summed E-state index contributed by atoms with van der Waals surface area (Å²) < 4.78 is 5.63. The average molecular weight is 297 g/mol. The summed E-state index contributed by atoms with van der Waals surface area (Å²) in [4.78, 5) is 19.1. The number of carbonyl (C=O) groups is 1. The Morgan fingerprint density at radius 3 is 2.50 bits per heavy atom. The van der Waals surface area contributed by atoms with E-state index in [0.717, 1.165) is 11.3 Å². The van der Waals surface area contributed by atoms with E-state index in [1.165, 1.54) is 0 Å². The van der Waals surface area contributed by atoms with E-state index in [2.05, 4.69) is 4.98 Å². The van der Waals surface area contributed by atoms with Crippen molar-refractivity contribution in [2.24, 2.45) is 0 Å². The first-order valence-electron chi connectivity index (χ1n) is 7.63. The summed E-state index contributed by atoms with van der Waals surface area (Å²) in [5.41, 5.74) is 7.95. The quantitative estimate of drug-likeness (QED) is 0.550. The summed E-state index contributed by atoms with van der Waals surface area (Å²) in [6, 6.07) is 1.91. The van der Waals surface area contributed by atoms with Crippen LogP contribution in [0.25, 0.3) is 0 Å². The molecular formula is C13H23B4N3O2. The maximum atomic E-state index is 12.8. The number of carbonyl (C=O) groups excluding carboxylic acids is 1. The number of amides is 1. The monoisotopic (exact) mass is 297 g/mol. The average Bonchev–Trinajstić information content (AvgIpc) is 2.26. The molecule has 0 saturated heterocycles. The van der Waals surface area contributed by atoms with E-state index in [0.29, 0.717) is 12.1 Å². The van der Waals surface area contributed by atoms with Gasteiger partial charge >= 0.3 is 6.09 Å². The summed E-state index contributed by atoms with van der Waals surface area (Å²) in [6.45, 7) is 5.63. The van der Waals surface area contributed by atoms with Crippen LogP contribution in [0.4, 0.5) is 10.5 Å². The van der Waals surface area contributed by atoms with Crippen LogP contribution < -0.4 is 5.73 Å². The van der Waals surface area contributed by atoms with Crippen molar-refractivity contribution in [1.82, 2.24) is 9.88 Å². The second-order valence-electron chi connectivity index (χ2n) is 8.13. The minimum Gasteiger partial charge on any atom is -0.444 e. The van der Waals surface area contributed by atoms with Crippen LogP contribution in [0.15, 0.2) is 12.3 Å². The zero-order valence-corrected chi connectivity index (χ0v) is 14.7. The molecule has 2 heterocycles. The highest BCUT2D eigenvalue weighted by atomic mass is 16.6. The number of nitrogens with zero attached hydrogens (tertiary/aromatic N) is 2. The fourth-order valence-electron chi connectivity index (χ4n) is 3.33. The van der Waals surface area contributed by atoms with Gasteiger partial charge in [0, 0.05) is 11.0 Å². The van der Waals surface area contributed by atoms with Crippen molar-refractivity contribution >= 4 is 43.2 Å². The first kappa shape index (κ1) is 16.8. The number of anilines is 1. The first-order valence-corrected chi connectivity index (χ1v) is 7.63. The van der Waals surface area contributed by atoms with Crippen molar-refractivity contribution in [3.8, 4) is 0 Å². The van der Waals surface area contributed by atoms with Crippen molar-refractivity contribution in [2.45, 2.75) is 43.5 Å². The number of fused-ring (bicyclic) bond motifs is 1. The summed E-state index contributed by atoms with van der Waals surface area (Å²) in [5, 5.41) is -0.927. The standard InChI is InChI=1S/C13H23B4N3O2/c1-11(2,3)22-10(21)20-12(14,15)5-9-8(13(20,16)17)4-7(18)6-19-9/h4,6H,5,14-18H2,1-3H3. The lowest BCUT2D eigenvalue weighted by Gasteiger charge is -2.53. The molecule has 114 valence electrons. The predicted octanol–water partition coefficient (Wildman–Crippen LogP) is -2.25. The molecule has 5 nitrogen and oxygen atoms in total. The third-order valence-corrected chi connectivity index (χ3v) is 3.99. The Kier molecular flexibility index (Phi) is 3.83. The zero-order chi connectivity index (χ0) is 16.9. The van der Waals surface area contributed by atoms with E-state index in [4.69, 9.17) is 10.5 Å². The van der Waals surface area contributed by atoms with Gasteiger partial charge in [0.15, 0.2) is 0 Å². The molecule has 22 heavy (non-hydrogen) atoms. The maximum absolute atomic E-state index is 12.8. The van der Waals surface area contributed by atoms with Crippen LogP contribution in [0.1, 0.15) is 32.0 Å². The van der Waals surface area contributed by atoms with Crippen LogP contribution in [0.5, 0.6) is 0 Å². The Hall–Kier alpha value is -1.52.